The molecule has 0 spiro atoms. The summed E-state index contributed by atoms with van der Waals surface area (Å²) in [6.45, 7) is 5.65. The molecule has 4 rings (SSSR count). The molecule has 1 aliphatic heterocycles. The van der Waals surface area contributed by atoms with E-state index < -0.39 is 6.04 Å². The van der Waals surface area contributed by atoms with Gasteiger partial charge in [-0.2, -0.15) is 0 Å². The molecule has 2 atom stereocenters. The standard InChI is InChI=1S/C27H38N4O4/c1-6-31-23-12-11-19(15-28-22(17-34-5)27(33)35-21-9-7-8-10-21)14-24(23)30(4)25(31)20-13-18(2)26(32)29(3)16-20/h11-14,16,21-22,25,28H,6-10,15,17H2,1-5H3/t22-,25?/m0/s1. The van der Waals surface area contributed by atoms with Crippen LogP contribution in [0.1, 0.15) is 55.5 Å². The first-order valence-electron chi connectivity index (χ1n) is 12.6. The van der Waals surface area contributed by atoms with Gasteiger partial charge < -0.3 is 23.8 Å². The monoisotopic (exact) mass is 482 g/mol. The van der Waals surface area contributed by atoms with E-state index in [1.165, 1.54) is 0 Å². The summed E-state index contributed by atoms with van der Waals surface area (Å²) < 4.78 is 12.6. The van der Waals surface area contributed by atoms with Crippen LogP contribution in [0.5, 0.6) is 0 Å². The van der Waals surface area contributed by atoms with Gasteiger partial charge in [-0.05, 0) is 63.3 Å². The van der Waals surface area contributed by atoms with Gasteiger partial charge in [-0.15, -0.1) is 0 Å². The van der Waals surface area contributed by atoms with Crippen LogP contribution in [0.3, 0.4) is 0 Å². The number of pyridine rings is 1. The van der Waals surface area contributed by atoms with Gasteiger partial charge in [-0.25, -0.2) is 0 Å². The molecule has 1 aromatic carbocycles. The van der Waals surface area contributed by atoms with Crippen LogP contribution in [0.4, 0.5) is 11.4 Å². The van der Waals surface area contributed by atoms with Crippen LogP contribution in [0, 0.1) is 6.92 Å². The number of rotatable bonds is 9. The Kier molecular flexibility index (Phi) is 7.82. The number of carbonyl (C=O) groups excluding carboxylic acids is 1. The molecule has 1 aliphatic carbocycles. The molecule has 8 nitrogen and oxygen atoms in total. The Labute approximate surface area is 207 Å². The van der Waals surface area contributed by atoms with Gasteiger partial charge in [0.1, 0.15) is 18.3 Å². The maximum atomic E-state index is 12.7. The number of esters is 1. The van der Waals surface area contributed by atoms with Gasteiger partial charge in [-0.3, -0.25) is 14.9 Å². The molecule has 8 heteroatoms. The van der Waals surface area contributed by atoms with Crippen LogP contribution in [0.2, 0.25) is 0 Å². The molecular formula is C27H38N4O4. The maximum Gasteiger partial charge on any atom is 0.325 e. The van der Waals surface area contributed by atoms with Gasteiger partial charge in [0, 0.05) is 51.6 Å². The molecule has 0 bridgehead atoms. The minimum absolute atomic E-state index is 0.00587. The van der Waals surface area contributed by atoms with Crippen LogP contribution in [0.25, 0.3) is 0 Å². The summed E-state index contributed by atoms with van der Waals surface area (Å²) in [5.74, 6) is -0.237. The number of ether oxygens (including phenoxy) is 2. The van der Waals surface area contributed by atoms with E-state index in [9.17, 15) is 9.59 Å². The zero-order chi connectivity index (χ0) is 25.1. The molecule has 190 valence electrons. The second kappa shape index (κ2) is 10.8. The minimum Gasteiger partial charge on any atom is -0.461 e. The van der Waals surface area contributed by atoms with Crippen molar-refractivity contribution in [2.24, 2.45) is 7.05 Å². The molecule has 1 fully saturated rings. The van der Waals surface area contributed by atoms with E-state index in [1.54, 1.807) is 18.7 Å². The van der Waals surface area contributed by atoms with Crippen molar-refractivity contribution in [2.75, 3.05) is 37.1 Å². The highest BCUT2D eigenvalue weighted by molar-refractivity contribution is 5.79. The van der Waals surface area contributed by atoms with Crippen LogP contribution in [0.15, 0.2) is 35.3 Å². The molecule has 2 heterocycles. The van der Waals surface area contributed by atoms with Crippen LogP contribution in [-0.2, 0) is 27.9 Å². The Hall–Kier alpha value is -2.84. The molecule has 35 heavy (non-hydrogen) atoms. The van der Waals surface area contributed by atoms with E-state index in [0.717, 1.165) is 60.3 Å². The molecule has 1 saturated carbocycles. The van der Waals surface area contributed by atoms with Crippen molar-refractivity contribution in [1.82, 2.24) is 9.88 Å². The number of carbonyl (C=O) groups is 1. The molecule has 0 radical (unpaired) electrons. The quantitative estimate of drug-likeness (QED) is 0.550. The summed E-state index contributed by atoms with van der Waals surface area (Å²) in [6, 6.07) is 7.91. The number of anilines is 2. The molecule has 0 amide bonds. The summed E-state index contributed by atoms with van der Waals surface area (Å²) in [4.78, 5) is 29.5. The summed E-state index contributed by atoms with van der Waals surface area (Å²) in [7, 11) is 5.49. The number of nitrogens with zero attached hydrogens (tertiary/aromatic N) is 3. The van der Waals surface area contributed by atoms with E-state index in [-0.39, 0.29) is 30.4 Å². The normalized spacial score (nSPS) is 18.7. The van der Waals surface area contributed by atoms with Crippen molar-refractivity contribution in [1.29, 1.82) is 0 Å². The lowest BCUT2D eigenvalue weighted by Crippen LogP contribution is -2.42. The van der Waals surface area contributed by atoms with E-state index in [2.05, 4.69) is 47.3 Å². The Morgan fingerprint density at radius 3 is 2.57 bits per heavy atom. The first-order chi connectivity index (χ1) is 16.8. The van der Waals surface area contributed by atoms with E-state index in [4.69, 9.17) is 9.47 Å². The predicted molar refractivity (Wildman–Crippen MR) is 138 cm³/mol. The fourth-order valence-electron chi connectivity index (χ4n) is 5.34. The molecular weight excluding hydrogens is 444 g/mol. The topological polar surface area (TPSA) is 76.0 Å². The predicted octanol–water partition coefficient (Wildman–Crippen LogP) is 3.26. The second-order valence-electron chi connectivity index (χ2n) is 9.70. The smallest absolute Gasteiger partial charge is 0.325 e. The maximum absolute atomic E-state index is 12.7. The van der Waals surface area contributed by atoms with E-state index in [0.29, 0.717) is 6.54 Å². The van der Waals surface area contributed by atoms with Crippen molar-refractivity contribution in [2.45, 2.75) is 64.4 Å². The summed E-state index contributed by atoms with van der Waals surface area (Å²) >= 11 is 0. The molecule has 2 aliphatic rings. The minimum atomic E-state index is -0.500. The van der Waals surface area contributed by atoms with Crippen molar-refractivity contribution in [3.8, 4) is 0 Å². The zero-order valence-corrected chi connectivity index (χ0v) is 21.5. The highest BCUT2D eigenvalue weighted by Gasteiger charge is 2.34. The van der Waals surface area contributed by atoms with E-state index in [1.807, 2.05) is 19.2 Å². The molecule has 0 saturated heterocycles. The average Bonchev–Trinajstić information content (AvgIpc) is 3.45. The van der Waals surface area contributed by atoms with Crippen molar-refractivity contribution >= 4 is 17.3 Å². The third-order valence-corrected chi connectivity index (χ3v) is 7.17. The van der Waals surface area contributed by atoms with Gasteiger partial charge in [0.2, 0.25) is 0 Å². The summed E-state index contributed by atoms with van der Waals surface area (Å²) in [5.41, 5.74) is 5.21. The van der Waals surface area contributed by atoms with Gasteiger partial charge in [0.15, 0.2) is 0 Å². The first-order valence-corrected chi connectivity index (χ1v) is 12.6. The van der Waals surface area contributed by atoms with Gasteiger partial charge >= 0.3 is 5.97 Å². The zero-order valence-electron chi connectivity index (χ0n) is 21.5. The molecule has 1 aromatic heterocycles. The SMILES string of the molecule is CCN1c2ccc(CN[C@@H](COC)C(=O)OC3CCCC3)cc2N(C)C1c1cc(C)c(=O)n(C)c1. The summed E-state index contributed by atoms with van der Waals surface area (Å²) in [5, 5.41) is 3.34. The van der Waals surface area contributed by atoms with Gasteiger partial charge in [0.05, 0.1) is 18.0 Å². The average molecular weight is 483 g/mol. The third-order valence-electron chi connectivity index (χ3n) is 7.17. The van der Waals surface area contributed by atoms with Crippen molar-refractivity contribution in [3.63, 3.8) is 0 Å². The number of hydrogen-bond donors (Lipinski definition) is 1. The fraction of sp³-hybridized carbons (Fsp3) is 0.556. The summed E-state index contributed by atoms with van der Waals surface area (Å²) in [6.07, 6.45) is 6.12. The van der Waals surface area contributed by atoms with Gasteiger partial charge in [0.25, 0.3) is 5.56 Å². The highest BCUT2D eigenvalue weighted by atomic mass is 16.5. The second-order valence-corrected chi connectivity index (χ2v) is 9.70. The lowest BCUT2D eigenvalue weighted by atomic mass is 10.1. The number of methoxy groups -OCH3 is 1. The van der Waals surface area contributed by atoms with E-state index >= 15 is 0 Å². The molecule has 2 aromatic rings. The largest absolute Gasteiger partial charge is 0.461 e. The Morgan fingerprint density at radius 2 is 1.91 bits per heavy atom. The molecule has 1 unspecified atom stereocenters. The number of aromatic nitrogens is 1. The number of nitrogens with one attached hydrogen (secondary N) is 1. The Balaban J connectivity index is 1.51. The number of fused-ring (bicyclic) bond motifs is 1. The van der Waals surface area contributed by atoms with Crippen molar-refractivity contribution in [3.05, 3.63) is 57.5 Å². The fourth-order valence-corrected chi connectivity index (χ4v) is 5.34. The Bertz CT molecular complexity index is 1080. The first kappa shape index (κ1) is 25.3. The van der Waals surface area contributed by atoms with Crippen LogP contribution < -0.4 is 20.7 Å². The molecule has 1 N–H and O–H groups in total. The number of hydrogen-bond acceptors (Lipinski definition) is 7. The number of aryl methyl sites for hydroxylation is 2. The third kappa shape index (κ3) is 5.23. The van der Waals surface area contributed by atoms with Crippen LogP contribution in [-0.4, -0.2) is 50.0 Å². The van der Waals surface area contributed by atoms with Gasteiger partial charge in [-0.1, -0.05) is 6.07 Å². The lowest BCUT2D eigenvalue weighted by molar-refractivity contribution is -0.152. The van der Waals surface area contributed by atoms with Crippen LogP contribution >= 0.6 is 0 Å². The Morgan fingerprint density at radius 1 is 1.17 bits per heavy atom. The number of benzene rings is 1. The van der Waals surface area contributed by atoms with Crippen molar-refractivity contribution < 1.29 is 14.3 Å². The highest BCUT2D eigenvalue weighted by Crippen LogP contribution is 2.45. The lowest BCUT2D eigenvalue weighted by Gasteiger charge is -2.30.